The maximum absolute atomic E-state index is 13.8. The molecule has 0 saturated carbocycles. The van der Waals surface area contributed by atoms with Crippen LogP contribution in [-0.2, 0) is 6.54 Å². The lowest BCUT2D eigenvalue weighted by molar-refractivity contribution is -0.791. The molecule has 0 amide bonds. The van der Waals surface area contributed by atoms with Crippen LogP contribution in [0.15, 0.2) is 36.4 Å². The second-order valence-electron chi connectivity index (χ2n) is 8.21. The Kier molecular flexibility index (Phi) is 6.02. The van der Waals surface area contributed by atoms with Crippen LogP contribution in [0.5, 0.6) is 0 Å². The molecule has 2 aromatic carbocycles. The molecule has 1 fully saturated rings. The fraction of sp³-hybridized carbons (Fsp3) is 0.391. The van der Waals surface area contributed by atoms with Gasteiger partial charge >= 0.3 is 6.18 Å². The minimum atomic E-state index is -4.40. The van der Waals surface area contributed by atoms with Crippen molar-refractivity contribution >= 4 is 23.4 Å². The van der Waals surface area contributed by atoms with E-state index in [2.05, 4.69) is 12.4 Å². The number of hydrogen-bond acceptors (Lipinski definition) is 1. The van der Waals surface area contributed by atoms with E-state index in [1.807, 2.05) is 32.2 Å². The molecule has 0 bridgehead atoms. The summed E-state index contributed by atoms with van der Waals surface area (Å²) >= 11 is 6.14. The zero-order chi connectivity index (χ0) is 21.4. The number of allylic oxidation sites excluding steroid dienone is 1. The topological polar surface area (TPSA) is 12.0 Å². The second-order valence-corrected chi connectivity index (χ2v) is 8.62. The third-order valence-electron chi connectivity index (χ3n) is 5.76. The number of rotatable bonds is 6. The number of aryl methyl sites for hydroxylation is 1. The van der Waals surface area contributed by atoms with Gasteiger partial charge in [0, 0.05) is 23.3 Å². The number of benzene rings is 2. The highest BCUT2D eigenvalue weighted by atomic mass is 35.5. The van der Waals surface area contributed by atoms with E-state index in [1.54, 1.807) is 19.1 Å². The van der Waals surface area contributed by atoms with Gasteiger partial charge in [0.2, 0.25) is 0 Å². The van der Waals surface area contributed by atoms with Gasteiger partial charge in [-0.05, 0) is 48.2 Å². The Morgan fingerprint density at radius 3 is 2.41 bits per heavy atom. The molecule has 1 N–H and O–H groups in total. The van der Waals surface area contributed by atoms with Crippen molar-refractivity contribution in [3.8, 4) is 0 Å². The summed E-state index contributed by atoms with van der Waals surface area (Å²) in [6.45, 7) is 6.83. The van der Waals surface area contributed by atoms with Crippen LogP contribution < -0.4 is 5.32 Å². The summed E-state index contributed by atoms with van der Waals surface area (Å²) in [7, 11) is 4.04. The molecular weight excluding hydrogens is 397 g/mol. The summed E-state index contributed by atoms with van der Waals surface area (Å²) < 4.78 is 42.3. The van der Waals surface area contributed by atoms with Crippen LogP contribution in [0.1, 0.15) is 33.7 Å². The molecular formula is C23H27ClF3N2+. The van der Waals surface area contributed by atoms with E-state index in [9.17, 15) is 13.2 Å². The molecule has 1 atom stereocenters. The van der Waals surface area contributed by atoms with Crippen LogP contribution in [0, 0.1) is 13.8 Å². The van der Waals surface area contributed by atoms with E-state index >= 15 is 0 Å². The molecule has 1 unspecified atom stereocenters. The van der Waals surface area contributed by atoms with Gasteiger partial charge in [-0.15, -0.1) is 0 Å². The minimum Gasteiger partial charge on any atom is -0.388 e. The molecule has 0 radical (unpaired) electrons. The van der Waals surface area contributed by atoms with Crippen molar-refractivity contribution in [1.29, 1.82) is 0 Å². The number of nitrogens with one attached hydrogen (secondary N) is 1. The zero-order valence-electron chi connectivity index (χ0n) is 17.2. The van der Waals surface area contributed by atoms with E-state index < -0.39 is 12.1 Å². The highest BCUT2D eigenvalue weighted by Gasteiger charge is 2.39. The van der Waals surface area contributed by atoms with E-state index in [4.69, 9.17) is 11.6 Å². The van der Waals surface area contributed by atoms with Crippen LogP contribution in [0.25, 0.3) is 6.08 Å². The Bertz CT molecular complexity index is 907. The van der Waals surface area contributed by atoms with Gasteiger partial charge < -0.3 is 9.80 Å². The number of anilines is 1. The number of likely N-dealkylation sites (N-methyl/N-ethyl adjacent to an activating group) is 1. The van der Waals surface area contributed by atoms with Crippen molar-refractivity contribution < 1.29 is 17.7 Å². The average molecular weight is 424 g/mol. The summed E-state index contributed by atoms with van der Waals surface area (Å²) in [5.74, 6) is -1.71. The molecule has 156 valence electrons. The van der Waals surface area contributed by atoms with Gasteiger partial charge in [-0.25, -0.2) is 0 Å². The van der Waals surface area contributed by atoms with Crippen LogP contribution >= 0.6 is 11.6 Å². The summed E-state index contributed by atoms with van der Waals surface area (Å²) in [6.07, 6.45) is -1.64. The predicted molar refractivity (Wildman–Crippen MR) is 114 cm³/mol. The molecule has 0 aliphatic carbocycles. The lowest BCUT2D eigenvalue weighted by atomic mass is 9.94. The molecule has 6 heteroatoms. The van der Waals surface area contributed by atoms with Crippen molar-refractivity contribution in [2.45, 2.75) is 32.5 Å². The van der Waals surface area contributed by atoms with Gasteiger partial charge in [0.15, 0.2) is 0 Å². The quantitative estimate of drug-likeness (QED) is 0.423. The first-order chi connectivity index (χ1) is 13.5. The molecule has 29 heavy (non-hydrogen) atoms. The van der Waals surface area contributed by atoms with Gasteiger partial charge in [-0.3, -0.25) is 0 Å². The fourth-order valence-corrected chi connectivity index (χ4v) is 3.72. The summed E-state index contributed by atoms with van der Waals surface area (Å²) in [5.41, 5.74) is 4.58. The number of halogens is 4. The van der Waals surface area contributed by atoms with Gasteiger partial charge in [0.1, 0.15) is 19.6 Å². The maximum atomic E-state index is 13.8. The normalized spacial score (nSPS) is 16.8. The standard InChI is InChI=1S/C23H27ClF3N2/c1-15-11-19(13-21(24)16(15)2)20(23(25,26)27)8-6-17-5-7-18(22(12-17)28-3)14-29(4)9-10-29/h5-8,11-13,20,28H,9-10,14H2,1-4H3/q+1/b8-6+. The van der Waals surface area contributed by atoms with E-state index in [1.165, 1.54) is 17.7 Å². The zero-order valence-corrected chi connectivity index (χ0v) is 18.0. The smallest absolute Gasteiger partial charge is 0.388 e. The van der Waals surface area contributed by atoms with Crippen LogP contribution in [-0.4, -0.2) is 37.8 Å². The lowest BCUT2D eigenvalue weighted by Crippen LogP contribution is -2.19. The van der Waals surface area contributed by atoms with Crippen molar-refractivity contribution in [3.63, 3.8) is 0 Å². The van der Waals surface area contributed by atoms with Crippen LogP contribution in [0.2, 0.25) is 5.02 Å². The van der Waals surface area contributed by atoms with Gasteiger partial charge in [-0.2, -0.15) is 13.2 Å². The number of quaternary nitrogens is 1. The summed E-state index contributed by atoms with van der Waals surface area (Å²) in [4.78, 5) is 0. The predicted octanol–water partition coefficient (Wildman–Crippen LogP) is 6.32. The van der Waals surface area contributed by atoms with Crippen LogP contribution in [0.4, 0.5) is 18.9 Å². The van der Waals surface area contributed by atoms with E-state index in [-0.39, 0.29) is 5.56 Å². The molecule has 3 rings (SSSR count). The molecule has 1 aliphatic rings. The highest BCUT2D eigenvalue weighted by Crippen LogP contribution is 2.39. The van der Waals surface area contributed by atoms with E-state index in [0.717, 1.165) is 46.5 Å². The van der Waals surface area contributed by atoms with Gasteiger partial charge in [-0.1, -0.05) is 42.0 Å². The Hall–Kier alpha value is -1.98. The largest absolute Gasteiger partial charge is 0.399 e. The SMILES string of the molecule is CNc1cc(/C=C/C(c2cc(C)c(C)c(Cl)c2)C(F)(F)F)ccc1C[N+]1(C)CC1. The lowest BCUT2D eigenvalue weighted by Gasteiger charge is -2.19. The molecule has 2 aromatic rings. The maximum Gasteiger partial charge on any atom is 0.399 e. The Labute approximate surface area is 175 Å². The van der Waals surface area contributed by atoms with Crippen molar-refractivity contribution in [1.82, 2.24) is 0 Å². The molecule has 0 aromatic heterocycles. The Morgan fingerprint density at radius 1 is 1.17 bits per heavy atom. The first-order valence-corrected chi connectivity index (χ1v) is 10.1. The molecule has 1 saturated heterocycles. The third kappa shape index (κ3) is 5.14. The highest BCUT2D eigenvalue weighted by molar-refractivity contribution is 6.31. The Morgan fingerprint density at radius 2 is 1.86 bits per heavy atom. The Balaban J connectivity index is 1.90. The van der Waals surface area contributed by atoms with Crippen molar-refractivity contribution in [3.05, 3.63) is 69.2 Å². The minimum absolute atomic E-state index is 0.159. The summed E-state index contributed by atoms with van der Waals surface area (Å²) in [6, 6.07) is 8.77. The molecule has 2 nitrogen and oxygen atoms in total. The van der Waals surface area contributed by atoms with Crippen molar-refractivity contribution in [2.24, 2.45) is 0 Å². The summed E-state index contributed by atoms with van der Waals surface area (Å²) in [5, 5.41) is 3.53. The monoisotopic (exact) mass is 423 g/mol. The number of hydrogen-bond donors (Lipinski definition) is 1. The van der Waals surface area contributed by atoms with E-state index in [0.29, 0.717) is 5.02 Å². The van der Waals surface area contributed by atoms with Crippen LogP contribution in [0.3, 0.4) is 0 Å². The molecule has 1 heterocycles. The second kappa shape index (κ2) is 8.04. The molecule has 1 aliphatic heterocycles. The average Bonchev–Trinajstić information content (AvgIpc) is 3.36. The van der Waals surface area contributed by atoms with Crippen molar-refractivity contribution in [2.75, 3.05) is 32.5 Å². The number of nitrogens with zero attached hydrogens (tertiary/aromatic N) is 1. The number of alkyl halides is 3. The first kappa shape index (κ1) is 21.7. The fourth-order valence-electron chi connectivity index (χ4n) is 3.45. The van der Waals surface area contributed by atoms with Gasteiger partial charge in [0.05, 0.1) is 13.0 Å². The molecule has 0 spiro atoms. The third-order valence-corrected chi connectivity index (χ3v) is 6.15. The van der Waals surface area contributed by atoms with Gasteiger partial charge in [0.25, 0.3) is 0 Å². The first-order valence-electron chi connectivity index (χ1n) is 9.68.